The van der Waals surface area contributed by atoms with Gasteiger partial charge < -0.3 is 5.73 Å². The zero-order valence-corrected chi connectivity index (χ0v) is 11.7. The molecule has 0 heterocycles. The molecular weight excluding hydrogens is 238 g/mol. The minimum absolute atomic E-state index is 0.375. The summed E-state index contributed by atoms with van der Waals surface area (Å²) in [6.45, 7) is 0.375. The number of nitrogens with two attached hydrogens (primary N) is 1. The Balaban J connectivity index is 2.79. The number of nitrogens with one attached hydrogen (secondary N) is 1. The van der Waals surface area contributed by atoms with Crippen LogP contribution < -0.4 is 10.5 Å². The average molecular weight is 263 g/mol. The Kier molecular flexibility index (Phi) is 5.37. The van der Waals surface area contributed by atoms with Crippen LogP contribution in [0.25, 0.3) is 0 Å². The topological polar surface area (TPSA) is 75.4 Å². The van der Waals surface area contributed by atoms with Crippen molar-refractivity contribution in [3.63, 3.8) is 0 Å². The van der Waals surface area contributed by atoms with Crippen molar-refractivity contribution in [3.8, 4) is 0 Å². The van der Waals surface area contributed by atoms with Crippen molar-refractivity contribution in [1.29, 1.82) is 0 Å². The molecule has 1 aliphatic rings. The maximum atomic E-state index is 11.9. The second-order valence-electron chi connectivity index (χ2n) is 5.14. The molecule has 0 saturated heterocycles. The predicted molar refractivity (Wildman–Crippen MR) is 69.8 cm³/mol. The van der Waals surface area contributed by atoms with Crippen LogP contribution >= 0.6 is 0 Å². The third-order valence-corrected chi connectivity index (χ3v) is 5.18. The van der Waals surface area contributed by atoms with E-state index in [-0.39, 0.29) is 0 Å². The highest BCUT2D eigenvalue weighted by atomic mass is 32.2. The molecule has 1 saturated carbocycles. The summed E-state index contributed by atoms with van der Waals surface area (Å²) in [5.74, 6) is 0. The van der Waals surface area contributed by atoms with Crippen molar-refractivity contribution < 1.29 is 8.42 Å². The Labute approximate surface area is 105 Å². The number of nitrogens with zero attached hydrogens (tertiary/aromatic N) is 1. The zero-order chi connectivity index (χ0) is 12.9. The third kappa shape index (κ3) is 4.21. The maximum absolute atomic E-state index is 11.9. The zero-order valence-electron chi connectivity index (χ0n) is 10.9. The van der Waals surface area contributed by atoms with Crippen molar-refractivity contribution in [1.82, 2.24) is 9.03 Å². The molecule has 0 radical (unpaired) electrons. The van der Waals surface area contributed by atoms with E-state index in [9.17, 15) is 8.42 Å². The summed E-state index contributed by atoms with van der Waals surface area (Å²) < 4.78 is 27.9. The van der Waals surface area contributed by atoms with E-state index in [1.165, 1.54) is 37.7 Å². The van der Waals surface area contributed by atoms with E-state index in [0.29, 0.717) is 6.54 Å². The van der Waals surface area contributed by atoms with Gasteiger partial charge in [-0.05, 0) is 12.8 Å². The summed E-state index contributed by atoms with van der Waals surface area (Å²) in [6.07, 6.45) is 7.38. The molecule has 0 bridgehead atoms. The monoisotopic (exact) mass is 263 g/mol. The van der Waals surface area contributed by atoms with Gasteiger partial charge in [0.25, 0.3) is 10.2 Å². The van der Waals surface area contributed by atoms with Gasteiger partial charge in [0.05, 0.1) is 0 Å². The quantitative estimate of drug-likeness (QED) is 0.788. The Morgan fingerprint density at radius 2 is 1.59 bits per heavy atom. The second kappa shape index (κ2) is 6.13. The first-order valence-corrected chi connectivity index (χ1v) is 7.77. The van der Waals surface area contributed by atoms with Crippen LogP contribution in [0, 0.1) is 0 Å². The molecule has 0 unspecified atom stereocenters. The Morgan fingerprint density at radius 1 is 1.12 bits per heavy atom. The van der Waals surface area contributed by atoms with Gasteiger partial charge in [-0.25, -0.2) is 0 Å². The molecule has 1 fully saturated rings. The first-order chi connectivity index (χ1) is 7.92. The summed E-state index contributed by atoms with van der Waals surface area (Å²) in [5.41, 5.74) is 5.38. The van der Waals surface area contributed by atoms with E-state index in [1.807, 2.05) is 0 Å². The maximum Gasteiger partial charge on any atom is 0.279 e. The Bertz CT molecular complexity index is 320. The first kappa shape index (κ1) is 14.9. The highest BCUT2D eigenvalue weighted by molar-refractivity contribution is 7.87. The van der Waals surface area contributed by atoms with Crippen molar-refractivity contribution in [3.05, 3.63) is 0 Å². The van der Waals surface area contributed by atoms with Gasteiger partial charge in [-0.15, -0.1) is 0 Å². The number of hydrogen-bond donors (Lipinski definition) is 2. The lowest BCUT2D eigenvalue weighted by molar-refractivity contribution is 0.290. The second-order valence-corrected chi connectivity index (χ2v) is 7.03. The Hall–Kier alpha value is -0.170. The Morgan fingerprint density at radius 3 is 2.00 bits per heavy atom. The normalized spacial score (nSPS) is 22.1. The fourth-order valence-corrected chi connectivity index (χ4v) is 3.31. The smallest absolute Gasteiger partial charge is 0.279 e. The van der Waals surface area contributed by atoms with Gasteiger partial charge in [-0.3, -0.25) is 0 Å². The van der Waals surface area contributed by atoms with Crippen LogP contribution in [0.15, 0.2) is 0 Å². The molecular formula is C11H25N3O2S. The molecule has 0 aromatic heterocycles. The van der Waals surface area contributed by atoms with Crippen molar-refractivity contribution in [2.45, 2.75) is 50.5 Å². The summed E-state index contributed by atoms with van der Waals surface area (Å²) in [5, 5.41) is 0. The van der Waals surface area contributed by atoms with Gasteiger partial charge >= 0.3 is 0 Å². The molecule has 0 atom stereocenters. The predicted octanol–water partition coefficient (Wildman–Crippen LogP) is 0.824. The molecule has 102 valence electrons. The van der Waals surface area contributed by atoms with Crippen LogP contribution in [0.4, 0.5) is 0 Å². The fourth-order valence-electron chi connectivity index (χ4n) is 2.29. The largest absolute Gasteiger partial charge is 0.329 e. The summed E-state index contributed by atoms with van der Waals surface area (Å²) in [6, 6.07) is 0. The van der Waals surface area contributed by atoms with Gasteiger partial charge in [0.15, 0.2) is 0 Å². The third-order valence-electron chi connectivity index (χ3n) is 3.53. The lowest BCUT2D eigenvalue weighted by Gasteiger charge is -2.35. The highest BCUT2D eigenvalue weighted by Crippen LogP contribution is 2.26. The van der Waals surface area contributed by atoms with Gasteiger partial charge in [-0.1, -0.05) is 32.1 Å². The van der Waals surface area contributed by atoms with Crippen LogP contribution in [-0.4, -0.2) is 38.9 Å². The average Bonchev–Trinajstić information content (AvgIpc) is 2.22. The molecule has 3 N–H and O–H groups in total. The van der Waals surface area contributed by atoms with Crippen molar-refractivity contribution in [2.24, 2.45) is 5.73 Å². The molecule has 0 aromatic carbocycles. The first-order valence-electron chi connectivity index (χ1n) is 6.33. The molecule has 1 aliphatic carbocycles. The fraction of sp³-hybridized carbons (Fsp3) is 1.00. The van der Waals surface area contributed by atoms with E-state index in [4.69, 9.17) is 5.73 Å². The molecule has 0 aromatic rings. The minimum atomic E-state index is -3.39. The lowest BCUT2D eigenvalue weighted by atomic mass is 9.85. The van der Waals surface area contributed by atoms with E-state index in [2.05, 4.69) is 4.72 Å². The van der Waals surface area contributed by atoms with Crippen LogP contribution in [-0.2, 0) is 10.2 Å². The van der Waals surface area contributed by atoms with Gasteiger partial charge in [0.1, 0.15) is 0 Å². The van der Waals surface area contributed by atoms with Crippen molar-refractivity contribution in [2.75, 3.05) is 20.6 Å². The van der Waals surface area contributed by atoms with Gasteiger partial charge in [0, 0.05) is 26.2 Å². The minimum Gasteiger partial charge on any atom is -0.329 e. The van der Waals surface area contributed by atoms with E-state index >= 15 is 0 Å². The number of rotatable bonds is 4. The van der Waals surface area contributed by atoms with Gasteiger partial charge in [-0.2, -0.15) is 17.4 Å². The lowest BCUT2D eigenvalue weighted by Crippen LogP contribution is -2.56. The SMILES string of the molecule is CN(C)S(=O)(=O)NC1(CN)CCCCCCC1. The number of hydrogen-bond acceptors (Lipinski definition) is 3. The standard InChI is InChI=1S/C11H25N3O2S/c1-14(2)17(15,16)13-11(10-12)8-6-4-3-5-7-9-11/h13H,3-10,12H2,1-2H3. The molecule has 1 rings (SSSR count). The van der Waals surface area contributed by atoms with Crippen LogP contribution in [0.3, 0.4) is 0 Å². The molecule has 0 amide bonds. The van der Waals surface area contributed by atoms with E-state index in [0.717, 1.165) is 25.7 Å². The van der Waals surface area contributed by atoms with Crippen molar-refractivity contribution >= 4 is 10.2 Å². The molecule has 5 nitrogen and oxygen atoms in total. The summed E-state index contributed by atoms with van der Waals surface area (Å²) in [7, 11) is -0.319. The summed E-state index contributed by atoms with van der Waals surface area (Å²) >= 11 is 0. The van der Waals surface area contributed by atoms with Gasteiger partial charge in [0.2, 0.25) is 0 Å². The molecule has 0 spiro atoms. The summed E-state index contributed by atoms with van der Waals surface area (Å²) in [4.78, 5) is 0. The molecule has 0 aliphatic heterocycles. The molecule has 6 heteroatoms. The van der Waals surface area contributed by atoms with E-state index < -0.39 is 15.7 Å². The van der Waals surface area contributed by atoms with Crippen LogP contribution in [0.1, 0.15) is 44.9 Å². The molecule has 17 heavy (non-hydrogen) atoms. The highest BCUT2D eigenvalue weighted by Gasteiger charge is 2.33. The van der Waals surface area contributed by atoms with Crippen LogP contribution in [0.5, 0.6) is 0 Å². The van der Waals surface area contributed by atoms with E-state index in [1.54, 1.807) is 0 Å². The van der Waals surface area contributed by atoms with Crippen LogP contribution in [0.2, 0.25) is 0 Å².